The second-order valence-electron chi connectivity index (χ2n) is 7.19. The molecule has 0 radical (unpaired) electrons. The van der Waals surface area contributed by atoms with E-state index in [9.17, 15) is 22.8 Å². The predicted octanol–water partition coefficient (Wildman–Crippen LogP) is 4.03. The maximum atomic E-state index is 13.0. The number of carbonyl (C=O) groups excluding carboxylic acids is 2. The van der Waals surface area contributed by atoms with E-state index in [0.717, 1.165) is 28.3 Å². The Kier molecular flexibility index (Phi) is 5.86. The third-order valence-electron chi connectivity index (χ3n) is 4.59. The van der Waals surface area contributed by atoms with Crippen molar-refractivity contribution in [1.82, 2.24) is 10.3 Å². The van der Waals surface area contributed by atoms with E-state index in [1.807, 2.05) is 20.8 Å². The molecule has 2 atom stereocenters. The lowest BCUT2D eigenvalue weighted by molar-refractivity contribution is -0.274. The number of benzene rings is 1. The summed E-state index contributed by atoms with van der Waals surface area (Å²) in [6.07, 6.45) is -1.56. The van der Waals surface area contributed by atoms with Gasteiger partial charge < -0.3 is 15.4 Å². The van der Waals surface area contributed by atoms with Gasteiger partial charge in [0.05, 0.1) is 17.6 Å². The number of hydrogen-bond acceptors (Lipinski definition) is 5. The van der Waals surface area contributed by atoms with E-state index >= 15 is 0 Å². The van der Waals surface area contributed by atoms with Gasteiger partial charge in [0.2, 0.25) is 0 Å². The molecule has 30 heavy (non-hydrogen) atoms. The monoisotopic (exact) mass is 422 g/mol. The molecule has 2 N–H and O–H groups in total. The highest BCUT2D eigenvalue weighted by atomic mass is 19.4. The molecule has 160 valence electrons. The van der Waals surface area contributed by atoms with E-state index in [0.29, 0.717) is 0 Å². The first-order valence-electron chi connectivity index (χ1n) is 9.27. The molecule has 1 saturated heterocycles. The summed E-state index contributed by atoms with van der Waals surface area (Å²) in [4.78, 5) is 30.4. The molecule has 2 aromatic rings. The second kappa shape index (κ2) is 8.21. The number of carbonyl (C=O) groups is 2. The van der Waals surface area contributed by atoms with E-state index < -0.39 is 30.1 Å². The van der Waals surface area contributed by atoms with Crippen molar-refractivity contribution in [3.63, 3.8) is 0 Å². The highest BCUT2D eigenvalue weighted by Crippen LogP contribution is 2.32. The zero-order chi connectivity index (χ0) is 22.1. The van der Waals surface area contributed by atoms with Gasteiger partial charge >= 0.3 is 12.4 Å². The SMILES string of the molecule is CC(C)Nc1cnccc1C(C)C1NC(=O)N(c2ccc(OC(F)(F)F)cc2)C1=O. The topological polar surface area (TPSA) is 83.6 Å². The molecule has 1 aromatic heterocycles. The van der Waals surface area contributed by atoms with Crippen molar-refractivity contribution in [2.24, 2.45) is 0 Å². The number of anilines is 2. The number of pyridine rings is 1. The smallest absolute Gasteiger partial charge is 0.406 e. The Bertz CT molecular complexity index is 932. The van der Waals surface area contributed by atoms with Gasteiger partial charge in [0.1, 0.15) is 11.8 Å². The molecule has 1 aromatic carbocycles. The molecule has 1 aliphatic heterocycles. The maximum absolute atomic E-state index is 13.0. The van der Waals surface area contributed by atoms with Gasteiger partial charge in [-0.25, -0.2) is 9.69 Å². The van der Waals surface area contributed by atoms with Crippen molar-refractivity contribution in [1.29, 1.82) is 0 Å². The summed E-state index contributed by atoms with van der Waals surface area (Å²) in [5.74, 6) is -1.31. The van der Waals surface area contributed by atoms with Crippen LogP contribution in [-0.4, -0.2) is 35.4 Å². The molecule has 2 unspecified atom stereocenters. The number of nitrogens with zero attached hydrogens (tertiary/aromatic N) is 2. The number of halogens is 3. The number of nitrogens with one attached hydrogen (secondary N) is 2. The summed E-state index contributed by atoms with van der Waals surface area (Å²) in [5, 5.41) is 5.93. The van der Waals surface area contributed by atoms with E-state index in [4.69, 9.17) is 0 Å². The normalized spacial score (nSPS) is 17.8. The Labute approximate surface area is 171 Å². The van der Waals surface area contributed by atoms with Crippen LogP contribution in [-0.2, 0) is 4.79 Å². The molecule has 2 heterocycles. The minimum atomic E-state index is -4.82. The lowest BCUT2D eigenvalue weighted by Crippen LogP contribution is -2.35. The van der Waals surface area contributed by atoms with Crippen molar-refractivity contribution in [2.75, 3.05) is 10.2 Å². The third kappa shape index (κ3) is 4.64. The zero-order valence-corrected chi connectivity index (χ0v) is 16.5. The molecular weight excluding hydrogens is 401 g/mol. The van der Waals surface area contributed by atoms with Crippen molar-refractivity contribution >= 4 is 23.3 Å². The van der Waals surface area contributed by atoms with Crippen molar-refractivity contribution in [3.05, 3.63) is 48.3 Å². The fraction of sp³-hybridized carbons (Fsp3) is 0.350. The average molecular weight is 422 g/mol. The number of hydrogen-bond donors (Lipinski definition) is 2. The second-order valence-corrected chi connectivity index (χ2v) is 7.19. The summed E-state index contributed by atoms with van der Waals surface area (Å²) in [6, 6.07) is 4.99. The van der Waals surface area contributed by atoms with E-state index in [-0.39, 0.29) is 17.6 Å². The van der Waals surface area contributed by atoms with Gasteiger partial charge in [-0.15, -0.1) is 13.2 Å². The average Bonchev–Trinajstić information content (AvgIpc) is 2.95. The fourth-order valence-electron chi connectivity index (χ4n) is 3.29. The largest absolute Gasteiger partial charge is 0.573 e. The van der Waals surface area contributed by atoms with Crippen LogP contribution in [0.1, 0.15) is 32.3 Å². The quantitative estimate of drug-likeness (QED) is 0.687. The van der Waals surface area contributed by atoms with Crippen molar-refractivity contribution < 1.29 is 27.5 Å². The lowest BCUT2D eigenvalue weighted by Gasteiger charge is -2.22. The number of ether oxygens (including phenoxy) is 1. The van der Waals surface area contributed by atoms with Gasteiger partial charge in [0.15, 0.2) is 0 Å². The number of urea groups is 1. The van der Waals surface area contributed by atoms with Crippen LogP contribution in [0.15, 0.2) is 42.7 Å². The third-order valence-corrected chi connectivity index (χ3v) is 4.59. The van der Waals surface area contributed by atoms with Crippen LogP contribution in [0.25, 0.3) is 0 Å². The number of imide groups is 1. The Hall–Kier alpha value is -3.30. The maximum Gasteiger partial charge on any atom is 0.573 e. The summed E-state index contributed by atoms with van der Waals surface area (Å²) < 4.78 is 40.8. The number of alkyl halides is 3. The minimum Gasteiger partial charge on any atom is -0.406 e. The Morgan fingerprint density at radius 2 is 1.80 bits per heavy atom. The van der Waals surface area contributed by atoms with Gasteiger partial charge in [-0.2, -0.15) is 0 Å². The number of rotatable bonds is 6. The van der Waals surface area contributed by atoms with Gasteiger partial charge in [0, 0.05) is 18.2 Å². The first-order chi connectivity index (χ1) is 14.1. The molecule has 7 nitrogen and oxygen atoms in total. The first-order valence-corrected chi connectivity index (χ1v) is 9.27. The number of amides is 3. The number of aromatic nitrogens is 1. The molecule has 0 bridgehead atoms. The molecule has 1 fully saturated rings. The minimum absolute atomic E-state index is 0.142. The van der Waals surface area contributed by atoms with Gasteiger partial charge in [0.25, 0.3) is 5.91 Å². The molecule has 10 heteroatoms. The van der Waals surface area contributed by atoms with Gasteiger partial charge in [-0.3, -0.25) is 9.78 Å². The first kappa shape index (κ1) is 21.4. The molecule has 1 aliphatic rings. The summed E-state index contributed by atoms with van der Waals surface area (Å²) >= 11 is 0. The van der Waals surface area contributed by atoms with Gasteiger partial charge in [-0.1, -0.05) is 6.92 Å². The van der Waals surface area contributed by atoms with Crippen LogP contribution in [0.3, 0.4) is 0 Å². The van der Waals surface area contributed by atoms with Crippen LogP contribution >= 0.6 is 0 Å². The fourth-order valence-corrected chi connectivity index (χ4v) is 3.29. The molecule has 0 saturated carbocycles. The zero-order valence-electron chi connectivity index (χ0n) is 16.5. The standard InChI is InChI=1S/C20H21F3N4O3/c1-11(2)25-16-10-24-9-8-15(16)12(3)17-18(28)27(19(29)26-17)13-4-6-14(7-5-13)30-20(21,22)23/h4-12,17,25H,1-3H3,(H,26,29). The van der Waals surface area contributed by atoms with E-state index in [1.165, 1.54) is 12.1 Å². The van der Waals surface area contributed by atoms with Gasteiger partial charge in [-0.05, 0) is 49.7 Å². The van der Waals surface area contributed by atoms with Crippen LogP contribution in [0.5, 0.6) is 5.75 Å². The van der Waals surface area contributed by atoms with Crippen LogP contribution in [0.2, 0.25) is 0 Å². The lowest BCUT2D eigenvalue weighted by atomic mass is 9.92. The Morgan fingerprint density at radius 3 is 2.40 bits per heavy atom. The van der Waals surface area contributed by atoms with Crippen molar-refractivity contribution in [3.8, 4) is 5.75 Å². The molecule has 3 amide bonds. The summed E-state index contributed by atoms with van der Waals surface area (Å²) in [6.45, 7) is 5.75. The summed E-state index contributed by atoms with van der Waals surface area (Å²) in [7, 11) is 0. The van der Waals surface area contributed by atoms with Crippen molar-refractivity contribution in [2.45, 2.75) is 45.1 Å². The van der Waals surface area contributed by atoms with E-state index in [2.05, 4.69) is 20.4 Å². The van der Waals surface area contributed by atoms with Crippen LogP contribution in [0, 0.1) is 0 Å². The predicted molar refractivity (Wildman–Crippen MR) is 104 cm³/mol. The van der Waals surface area contributed by atoms with Crippen LogP contribution < -0.4 is 20.3 Å². The molecule has 0 aliphatic carbocycles. The highest BCUT2D eigenvalue weighted by molar-refractivity contribution is 6.21. The Morgan fingerprint density at radius 1 is 1.13 bits per heavy atom. The van der Waals surface area contributed by atoms with E-state index in [1.54, 1.807) is 18.5 Å². The Balaban J connectivity index is 1.81. The highest BCUT2D eigenvalue weighted by Gasteiger charge is 2.43. The van der Waals surface area contributed by atoms with Crippen LogP contribution in [0.4, 0.5) is 29.3 Å². The molecule has 3 rings (SSSR count). The summed E-state index contributed by atoms with van der Waals surface area (Å²) in [5.41, 5.74) is 1.72. The molecule has 0 spiro atoms. The molecular formula is C20H21F3N4O3.